The molecule has 5 heteroatoms. The normalized spacial score (nSPS) is 10.7. The summed E-state index contributed by atoms with van der Waals surface area (Å²) in [5, 5.41) is 17.7. The number of aliphatic hydroxyl groups is 2. The highest BCUT2D eigenvalue weighted by molar-refractivity contribution is 5.19. The minimum Gasteiger partial charge on any atom is -0.396 e. The van der Waals surface area contributed by atoms with Crippen LogP contribution in [0, 0.1) is 13.8 Å². The minimum absolute atomic E-state index is 0.0485. The molecule has 0 aromatic carbocycles. The number of aromatic nitrogens is 2. The third-order valence-corrected chi connectivity index (χ3v) is 2.52. The summed E-state index contributed by atoms with van der Waals surface area (Å²) in [5.41, 5.74) is 2.30. The SMILES string of the molecule is Cc1[nH]c(=O)[n+](CCO)c(C)c1CCO. The van der Waals surface area contributed by atoms with Crippen molar-refractivity contribution in [2.45, 2.75) is 26.8 Å². The van der Waals surface area contributed by atoms with E-state index in [0.717, 1.165) is 17.0 Å². The Morgan fingerprint density at radius 3 is 2.47 bits per heavy atom. The van der Waals surface area contributed by atoms with Gasteiger partial charge in [0.2, 0.25) is 0 Å². The van der Waals surface area contributed by atoms with Gasteiger partial charge in [0.15, 0.2) is 0 Å². The predicted octanol–water partition coefficient (Wildman–Crippen LogP) is -1.19. The molecule has 0 fully saturated rings. The van der Waals surface area contributed by atoms with Crippen LogP contribution in [0.5, 0.6) is 0 Å². The van der Waals surface area contributed by atoms with Gasteiger partial charge in [-0.05, 0) is 13.8 Å². The van der Waals surface area contributed by atoms with E-state index < -0.39 is 0 Å². The van der Waals surface area contributed by atoms with E-state index in [1.54, 1.807) is 0 Å². The molecule has 0 saturated heterocycles. The van der Waals surface area contributed by atoms with E-state index in [1.165, 1.54) is 4.57 Å². The second kappa shape index (κ2) is 5.04. The molecule has 0 atom stereocenters. The molecule has 0 aliphatic rings. The molecule has 0 spiro atoms. The number of H-pyrrole nitrogens is 1. The highest BCUT2D eigenvalue weighted by atomic mass is 16.3. The molecule has 1 aromatic rings. The van der Waals surface area contributed by atoms with Crippen LogP contribution in [0.25, 0.3) is 0 Å². The van der Waals surface area contributed by atoms with Crippen LogP contribution in [-0.2, 0) is 13.0 Å². The van der Waals surface area contributed by atoms with Gasteiger partial charge < -0.3 is 10.2 Å². The lowest BCUT2D eigenvalue weighted by Gasteiger charge is -2.07. The van der Waals surface area contributed by atoms with Crippen LogP contribution in [0.3, 0.4) is 0 Å². The van der Waals surface area contributed by atoms with Crippen LogP contribution in [-0.4, -0.2) is 28.4 Å². The maximum Gasteiger partial charge on any atom is 0.496 e. The highest BCUT2D eigenvalue weighted by Gasteiger charge is 2.16. The number of aryl methyl sites for hydroxylation is 1. The highest BCUT2D eigenvalue weighted by Crippen LogP contribution is 2.05. The Hall–Kier alpha value is -1.20. The molecule has 0 radical (unpaired) electrons. The lowest BCUT2D eigenvalue weighted by molar-refractivity contribution is -0.721. The maximum atomic E-state index is 11.5. The van der Waals surface area contributed by atoms with E-state index in [0.29, 0.717) is 6.42 Å². The van der Waals surface area contributed by atoms with Crippen molar-refractivity contribution in [2.24, 2.45) is 0 Å². The van der Waals surface area contributed by atoms with Gasteiger partial charge in [-0.2, -0.15) is 9.36 Å². The van der Waals surface area contributed by atoms with E-state index in [-0.39, 0.29) is 25.4 Å². The first-order valence-electron chi connectivity index (χ1n) is 4.95. The fourth-order valence-corrected chi connectivity index (χ4v) is 1.74. The molecule has 0 bridgehead atoms. The average Bonchev–Trinajstić information content (AvgIpc) is 2.19. The molecule has 5 nitrogen and oxygen atoms in total. The summed E-state index contributed by atoms with van der Waals surface area (Å²) in [4.78, 5) is 14.2. The van der Waals surface area contributed by atoms with Crippen molar-refractivity contribution in [3.8, 4) is 0 Å². The van der Waals surface area contributed by atoms with Gasteiger partial charge in [0.1, 0.15) is 17.9 Å². The monoisotopic (exact) mass is 213 g/mol. The average molecular weight is 213 g/mol. The number of rotatable bonds is 4. The molecule has 0 aliphatic heterocycles. The number of aromatic amines is 1. The van der Waals surface area contributed by atoms with E-state index in [9.17, 15) is 4.79 Å². The number of nitrogens with one attached hydrogen (secondary N) is 1. The maximum absolute atomic E-state index is 11.5. The van der Waals surface area contributed by atoms with Gasteiger partial charge in [0.05, 0.1) is 6.61 Å². The van der Waals surface area contributed by atoms with Crippen LogP contribution < -0.4 is 10.3 Å². The summed E-state index contributed by atoms with van der Waals surface area (Å²) >= 11 is 0. The second-order valence-corrected chi connectivity index (χ2v) is 3.47. The Bertz CT molecular complexity index is 398. The van der Waals surface area contributed by atoms with E-state index >= 15 is 0 Å². The second-order valence-electron chi connectivity index (χ2n) is 3.47. The Balaban J connectivity index is 3.28. The van der Waals surface area contributed by atoms with Gasteiger partial charge in [-0.25, -0.2) is 4.98 Å². The third kappa shape index (κ3) is 2.43. The first-order chi connectivity index (χ1) is 7.11. The Kier molecular flexibility index (Phi) is 3.99. The van der Waals surface area contributed by atoms with Crippen molar-refractivity contribution < 1.29 is 14.8 Å². The smallest absolute Gasteiger partial charge is 0.396 e. The molecular weight excluding hydrogens is 196 g/mol. The topological polar surface area (TPSA) is 77.2 Å². The molecule has 1 rings (SSSR count). The molecule has 1 heterocycles. The quantitative estimate of drug-likeness (QED) is 0.550. The van der Waals surface area contributed by atoms with Gasteiger partial charge in [-0.1, -0.05) is 0 Å². The number of hydrogen-bond acceptors (Lipinski definition) is 3. The molecule has 84 valence electrons. The van der Waals surface area contributed by atoms with Crippen molar-refractivity contribution in [1.29, 1.82) is 0 Å². The fourth-order valence-electron chi connectivity index (χ4n) is 1.74. The number of aliphatic hydroxyl groups excluding tert-OH is 2. The van der Waals surface area contributed by atoms with Crippen molar-refractivity contribution >= 4 is 0 Å². The molecule has 15 heavy (non-hydrogen) atoms. The van der Waals surface area contributed by atoms with E-state index in [2.05, 4.69) is 4.98 Å². The predicted molar refractivity (Wildman–Crippen MR) is 54.6 cm³/mol. The molecule has 0 aliphatic carbocycles. The summed E-state index contributed by atoms with van der Waals surface area (Å²) < 4.78 is 1.48. The standard InChI is InChI=1S/C10H16N2O3/c1-7-9(3-5-13)8(2)12(4-6-14)10(15)11-7/h13-14H,3-6H2,1-2H3/p+1. The van der Waals surface area contributed by atoms with Crippen molar-refractivity contribution in [1.82, 2.24) is 4.98 Å². The summed E-state index contributed by atoms with van der Waals surface area (Å²) in [6.07, 6.45) is 0.514. The fraction of sp³-hybridized carbons (Fsp3) is 0.600. The first-order valence-corrected chi connectivity index (χ1v) is 4.95. The lowest BCUT2D eigenvalue weighted by Crippen LogP contribution is -2.55. The molecule has 1 aromatic heterocycles. The molecule has 3 N–H and O–H groups in total. The van der Waals surface area contributed by atoms with Crippen LogP contribution in [0.4, 0.5) is 0 Å². The van der Waals surface area contributed by atoms with Crippen LogP contribution in [0.2, 0.25) is 0 Å². The van der Waals surface area contributed by atoms with Crippen LogP contribution >= 0.6 is 0 Å². The van der Waals surface area contributed by atoms with E-state index in [4.69, 9.17) is 10.2 Å². The van der Waals surface area contributed by atoms with E-state index in [1.807, 2.05) is 13.8 Å². The minimum atomic E-state index is -0.222. The largest absolute Gasteiger partial charge is 0.496 e. The van der Waals surface area contributed by atoms with Crippen LogP contribution in [0.1, 0.15) is 17.0 Å². The summed E-state index contributed by atoms with van der Waals surface area (Å²) in [7, 11) is 0. The number of nitrogens with zero attached hydrogens (tertiary/aromatic N) is 1. The Morgan fingerprint density at radius 1 is 1.27 bits per heavy atom. The molecule has 0 amide bonds. The van der Waals surface area contributed by atoms with Gasteiger partial charge in [0.25, 0.3) is 0 Å². The zero-order chi connectivity index (χ0) is 11.4. The Morgan fingerprint density at radius 2 is 1.93 bits per heavy atom. The molecule has 0 unspecified atom stereocenters. The number of hydrogen-bond donors (Lipinski definition) is 3. The summed E-state index contributed by atoms with van der Waals surface area (Å²) in [6.45, 7) is 3.88. The van der Waals surface area contributed by atoms with Gasteiger partial charge in [-0.15, -0.1) is 0 Å². The van der Waals surface area contributed by atoms with Crippen molar-refractivity contribution in [2.75, 3.05) is 13.2 Å². The van der Waals surface area contributed by atoms with Gasteiger partial charge in [-0.3, -0.25) is 0 Å². The summed E-state index contributed by atoms with van der Waals surface area (Å²) in [5.74, 6) is 0. The molecule has 0 saturated carbocycles. The first kappa shape index (κ1) is 11.9. The lowest BCUT2D eigenvalue weighted by atomic mass is 10.1. The van der Waals surface area contributed by atoms with Crippen molar-refractivity contribution in [3.63, 3.8) is 0 Å². The Labute approximate surface area is 88.0 Å². The van der Waals surface area contributed by atoms with Gasteiger partial charge >= 0.3 is 5.69 Å². The zero-order valence-electron chi connectivity index (χ0n) is 9.08. The molecular formula is C10H17N2O3+. The van der Waals surface area contributed by atoms with Crippen LogP contribution in [0.15, 0.2) is 4.79 Å². The van der Waals surface area contributed by atoms with Gasteiger partial charge in [0, 0.05) is 18.6 Å². The zero-order valence-corrected chi connectivity index (χ0v) is 9.08. The summed E-state index contributed by atoms with van der Waals surface area (Å²) in [6, 6.07) is 0. The van der Waals surface area contributed by atoms with Crippen molar-refractivity contribution in [3.05, 3.63) is 27.4 Å². The third-order valence-electron chi connectivity index (χ3n) is 2.52.